The largest absolute Gasteiger partial charge is 0 e. The van der Waals surface area contributed by atoms with E-state index in [4.69, 9.17) is 7.79 Å². The van der Waals surface area contributed by atoms with Crippen LogP contribution in [-0.4, -0.2) is 0 Å². The molecular formula is NiO2TaW. The van der Waals surface area contributed by atoms with E-state index in [0.29, 0.717) is 0 Å². The third-order valence-corrected chi connectivity index (χ3v) is 0. The molecule has 1 radical (unpaired) electrons. The second kappa shape index (κ2) is 17.8. The number of hydrogen-bond acceptors (Lipinski definition) is 2. The Bertz CT molecular complexity index is 30.6. The SMILES string of the molecule is [O]=[Ni]=[O].[Ta].[W]. The Morgan fingerprint density at radius 2 is 1.20 bits per heavy atom. The molecule has 0 N–H and O–H groups in total. The van der Waals surface area contributed by atoms with E-state index in [0.717, 1.165) is 0 Å². The van der Waals surface area contributed by atoms with Gasteiger partial charge in [0, 0.05) is 43.4 Å². The van der Waals surface area contributed by atoms with Gasteiger partial charge in [-0.15, -0.1) is 0 Å². The Labute approximate surface area is 65.0 Å². The van der Waals surface area contributed by atoms with E-state index >= 15 is 0 Å². The predicted octanol–water partition coefficient (Wildman–Crippen LogP) is -0.245. The molecule has 0 saturated heterocycles. The molecule has 0 saturated carbocycles. The van der Waals surface area contributed by atoms with Crippen molar-refractivity contribution in [2.24, 2.45) is 0 Å². The van der Waals surface area contributed by atoms with Crippen LogP contribution in [0.25, 0.3) is 0 Å². The Hall–Kier alpha value is 1.52. The van der Waals surface area contributed by atoms with Crippen molar-refractivity contribution < 1.29 is 65.5 Å². The zero-order chi connectivity index (χ0) is 2.71. The maximum atomic E-state index is 8.31. The first-order valence-corrected chi connectivity index (χ1v) is 1.06. The minimum atomic E-state index is -0.875. The molecule has 0 aliphatic rings. The average Bonchev–Trinajstić information content (AvgIpc) is 0.918. The van der Waals surface area contributed by atoms with Crippen LogP contribution in [-0.2, 0) is 65.5 Å². The first-order valence-electron chi connectivity index (χ1n) is 0.258. The molecule has 0 fully saturated rings. The van der Waals surface area contributed by atoms with Crippen LogP contribution in [0, 0.1) is 0 Å². The van der Waals surface area contributed by atoms with E-state index < -0.39 is 14.3 Å². The summed E-state index contributed by atoms with van der Waals surface area (Å²) in [5.74, 6) is 0. The van der Waals surface area contributed by atoms with E-state index in [1.165, 1.54) is 0 Å². The minimum absolute atomic E-state index is 0. The molecule has 0 aliphatic heterocycles. The summed E-state index contributed by atoms with van der Waals surface area (Å²) in [4.78, 5) is 0. The van der Waals surface area contributed by atoms with E-state index in [-0.39, 0.29) is 43.4 Å². The van der Waals surface area contributed by atoms with Crippen LogP contribution in [0.1, 0.15) is 0 Å². The summed E-state index contributed by atoms with van der Waals surface area (Å²) < 4.78 is 16.6. The van der Waals surface area contributed by atoms with Crippen LogP contribution < -0.4 is 0 Å². The van der Waals surface area contributed by atoms with Gasteiger partial charge in [-0.05, 0) is 0 Å². The minimum Gasteiger partial charge on any atom is 0 e. The summed E-state index contributed by atoms with van der Waals surface area (Å²) in [5.41, 5.74) is 0. The summed E-state index contributed by atoms with van der Waals surface area (Å²) in [6.07, 6.45) is 0. The maximum Gasteiger partial charge on any atom is 0 e. The zero-order valence-electron chi connectivity index (χ0n) is 1.99. The van der Waals surface area contributed by atoms with Gasteiger partial charge < -0.3 is 0 Å². The fourth-order valence-corrected chi connectivity index (χ4v) is 0. The molecule has 5 heteroatoms. The van der Waals surface area contributed by atoms with Gasteiger partial charge in [0.15, 0.2) is 0 Å². The van der Waals surface area contributed by atoms with Crippen molar-refractivity contribution in [2.75, 3.05) is 0 Å². The Morgan fingerprint density at radius 3 is 1.20 bits per heavy atom. The summed E-state index contributed by atoms with van der Waals surface area (Å²) in [7, 11) is 0. The zero-order valence-corrected chi connectivity index (χ0v) is 9.12. The van der Waals surface area contributed by atoms with Gasteiger partial charge in [0.05, 0.1) is 0 Å². The van der Waals surface area contributed by atoms with Crippen LogP contribution in [0.15, 0.2) is 0 Å². The maximum absolute atomic E-state index is 8.31. The number of hydrogen-bond donors (Lipinski definition) is 0. The quantitative estimate of drug-likeness (QED) is 0.473. The molecule has 0 aromatic rings. The normalized spacial score (nSPS) is 4.00. The van der Waals surface area contributed by atoms with Crippen LogP contribution in [0.3, 0.4) is 0 Å². The molecule has 0 amide bonds. The van der Waals surface area contributed by atoms with Crippen LogP contribution in [0.2, 0.25) is 0 Å². The van der Waals surface area contributed by atoms with E-state index in [1.54, 1.807) is 0 Å². The molecule has 5 heavy (non-hydrogen) atoms. The van der Waals surface area contributed by atoms with Crippen molar-refractivity contribution >= 4 is 0 Å². The van der Waals surface area contributed by atoms with Crippen molar-refractivity contribution in [3.8, 4) is 0 Å². The van der Waals surface area contributed by atoms with Gasteiger partial charge in [-0.1, -0.05) is 0 Å². The standard InChI is InChI=1S/Ni.2O.Ta.W. The van der Waals surface area contributed by atoms with Crippen molar-refractivity contribution in [1.82, 2.24) is 0 Å². The summed E-state index contributed by atoms with van der Waals surface area (Å²) in [6.45, 7) is 0. The molecule has 0 heterocycles. The summed E-state index contributed by atoms with van der Waals surface area (Å²) in [5, 5.41) is 0. The van der Waals surface area contributed by atoms with E-state index in [9.17, 15) is 0 Å². The van der Waals surface area contributed by atoms with Crippen LogP contribution in [0.4, 0.5) is 0 Å². The Balaban J connectivity index is -0.0000000200. The Kier molecular flexibility index (Phi) is 56.9. The molecule has 33 valence electrons. The second-order valence-electron chi connectivity index (χ2n) is 0.0527. The third kappa shape index (κ3) is 29.6. The van der Waals surface area contributed by atoms with E-state index in [2.05, 4.69) is 0 Å². The van der Waals surface area contributed by atoms with Gasteiger partial charge in [-0.25, -0.2) is 0 Å². The van der Waals surface area contributed by atoms with Crippen molar-refractivity contribution in [2.45, 2.75) is 0 Å². The first-order chi connectivity index (χ1) is 1.41. The van der Waals surface area contributed by atoms with Gasteiger partial charge >= 0.3 is 22.1 Å². The van der Waals surface area contributed by atoms with Crippen molar-refractivity contribution in [3.63, 3.8) is 0 Å². The first kappa shape index (κ1) is 16.0. The van der Waals surface area contributed by atoms with Gasteiger partial charge in [0.2, 0.25) is 0 Å². The molecular weight excluding hydrogens is 455 g/mol. The monoisotopic (exact) mass is 455 g/mol. The molecule has 0 aliphatic carbocycles. The summed E-state index contributed by atoms with van der Waals surface area (Å²) >= 11 is -0.875. The van der Waals surface area contributed by atoms with Gasteiger partial charge in [-0.2, -0.15) is 0 Å². The van der Waals surface area contributed by atoms with Gasteiger partial charge in [0.25, 0.3) is 0 Å². The molecule has 0 atom stereocenters. The average molecular weight is 455 g/mol. The third-order valence-electron chi connectivity index (χ3n) is 0. The predicted molar refractivity (Wildman–Crippen MR) is 1.37 cm³/mol. The van der Waals surface area contributed by atoms with Crippen molar-refractivity contribution in [3.05, 3.63) is 0 Å². The second-order valence-corrected chi connectivity index (χ2v) is 0.217. The fraction of sp³-hybridized carbons (Fsp3) is 0. The molecule has 0 aromatic carbocycles. The molecule has 0 spiro atoms. The van der Waals surface area contributed by atoms with E-state index in [1.807, 2.05) is 0 Å². The summed E-state index contributed by atoms with van der Waals surface area (Å²) in [6, 6.07) is 0. The smallest absolute Gasteiger partial charge is 0 e. The molecule has 0 unspecified atom stereocenters. The van der Waals surface area contributed by atoms with Gasteiger partial charge in [0.1, 0.15) is 0 Å². The molecule has 0 bridgehead atoms. The molecule has 0 rings (SSSR count). The molecule has 0 aromatic heterocycles. The Morgan fingerprint density at radius 1 is 1.20 bits per heavy atom. The fourth-order valence-electron chi connectivity index (χ4n) is 0. The van der Waals surface area contributed by atoms with Crippen LogP contribution >= 0.6 is 0 Å². The van der Waals surface area contributed by atoms with Crippen LogP contribution in [0.5, 0.6) is 0 Å². The number of rotatable bonds is 0. The van der Waals surface area contributed by atoms with Crippen molar-refractivity contribution in [1.29, 1.82) is 0 Å². The van der Waals surface area contributed by atoms with Gasteiger partial charge in [-0.3, -0.25) is 0 Å². The topological polar surface area (TPSA) is 34.1 Å². The molecule has 2 nitrogen and oxygen atoms in total.